The Kier molecular flexibility index (Phi) is 7.78. The molecule has 4 nitrogen and oxygen atoms in total. The molecule has 0 atom stereocenters. The Morgan fingerprint density at radius 2 is 0.842 bits per heavy atom. The van der Waals surface area contributed by atoms with Crippen molar-refractivity contribution in [3.05, 3.63) is 206 Å². The Hall–Kier alpha value is -7.69. The third-order valence-corrected chi connectivity index (χ3v) is 11.0. The molecule has 0 N–H and O–H groups in total. The zero-order valence-electron chi connectivity index (χ0n) is 30.9. The van der Waals surface area contributed by atoms with Gasteiger partial charge in [-0.15, -0.1) is 0 Å². The standard InChI is InChI=1S/C53H34N4/c1-4-14-35(15-5-1)36-24-26-38(27-25-36)47-34-46(37-16-6-2-7-17-37)55-53(56-47)40-30-28-39(29-31-40)52-44-32-33-49-51(50(44)42-20-10-12-22-45(42)54-52)43-21-11-13-23-48(43)57(49)41-18-8-3-9-19-41/h1-34H. The van der Waals surface area contributed by atoms with Crippen LogP contribution in [0.2, 0.25) is 0 Å². The molecule has 266 valence electrons. The molecule has 3 aromatic heterocycles. The van der Waals surface area contributed by atoms with Crippen LogP contribution in [-0.4, -0.2) is 19.5 Å². The first-order valence-corrected chi connectivity index (χ1v) is 19.3. The summed E-state index contributed by atoms with van der Waals surface area (Å²) >= 11 is 0. The summed E-state index contributed by atoms with van der Waals surface area (Å²) in [7, 11) is 0. The van der Waals surface area contributed by atoms with Crippen molar-refractivity contribution in [2.75, 3.05) is 0 Å². The van der Waals surface area contributed by atoms with Crippen LogP contribution in [0.25, 0.3) is 105 Å². The van der Waals surface area contributed by atoms with Crippen LogP contribution < -0.4 is 0 Å². The smallest absolute Gasteiger partial charge is 0.160 e. The normalized spacial score (nSPS) is 11.5. The summed E-state index contributed by atoms with van der Waals surface area (Å²) in [4.78, 5) is 15.6. The summed E-state index contributed by atoms with van der Waals surface area (Å²) in [6, 6.07) is 72.5. The molecule has 3 heterocycles. The van der Waals surface area contributed by atoms with E-state index in [0.29, 0.717) is 5.82 Å². The maximum atomic E-state index is 5.33. The fourth-order valence-electron chi connectivity index (χ4n) is 8.30. The number of fused-ring (bicyclic) bond motifs is 7. The molecule has 0 saturated heterocycles. The highest BCUT2D eigenvalue weighted by Gasteiger charge is 2.20. The van der Waals surface area contributed by atoms with Crippen molar-refractivity contribution >= 4 is 43.5 Å². The molecule has 0 radical (unpaired) electrons. The van der Waals surface area contributed by atoms with Crippen LogP contribution in [0.1, 0.15) is 0 Å². The quantitative estimate of drug-likeness (QED) is 0.160. The van der Waals surface area contributed by atoms with E-state index in [2.05, 4.69) is 187 Å². The van der Waals surface area contributed by atoms with Crippen molar-refractivity contribution in [2.45, 2.75) is 0 Å². The topological polar surface area (TPSA) is 43.6 Å². The zero-order chi connectivity index (χ0) is 37.7. The van der Waals surface area contributed by atoms with Gasteiger partial charge in [0.25, 0.3) is 0 Å². The summed E-state index contributed by atoms with van der Waals surface area (Å²) < 4.78 is 2.38. The van der Waals surface area contributed by atoms with Gasteiger partial charge in [0.15, 0.2) is 5.82 Å². The van der Waals surface area contributed by atoms with Gasteiger partial charge in [-0.1, -0.05) is 170 Å². The molecule has 0 amide bonds. The van der Waals surface area contributed by atoms with Gasteiger partial charge in [-0.05, 0) is 47.5 Å². The van der Waals surface area contributed by atoms with Gasteiger partial charge in [0, 0.05) is 54.9 Å². The lowest BCUT2D eigenvalue weighted by Gasteiger charge is -2.13. The van der Waals surface area contributed by atoms with Crippen LogP contribution in [0.15, 0.2) is 206 Å². The second-order valence-electron chi connectivity index (χ2n) is 14.4. The minimum absolute atomic E-state index is 0.678. The summed E-state index contributed by atoms with van der Waals surface area (Å²) in [6.07, 6.45) is 0. The molecule has 8 aromatic carbocycles. The number of rotatable bonds is 6. The highest BCUT2D eigenvalue weighted by atomic mass is 15.0. The van der Waals surface area contributed by atoms with Gasteiger partial charge in [-0.3, -0.25) is 0 Å². The van der Waals surface area contributed by atoms with E-state index in [0.717, 1.165) is 61.3 Å². The summed E-state index contributed by atoms with van der Waals surface area (Å²) in [5.74, 6) is 0.678. The minimum atomic E-state index is 0.678. The average molecular weight is 727 g/mol. The van der Waals surface area contributed by atoms with E-state index in [-0.39, 0.29) is 0 Å². The number of hydrogen-bond donors (Lipinski definition) is 0. The van der Waals surface area contributed by atoms with E-state index < -0.39 is 0 Å². The number of benzene rings is 8. The van der Waals surface area contributed by atoms with Gasteiger partial charge in [-0.25, -0.2) is 15.0 Å². The van der Waals surface area contributed by atoms with Gasteiger partial charge >= 0.3 is 0 Å². The number of nitrogens with zero attached hydrogens (tertiary/aromatic N) is 4. The second-order valence-corrected chi connectivity index (χ2v) is 14.4. The molecule has 11 aromatic rings. The Morgan fingerprint density at radius 1 is 0.316 bits per heavy atom. The average Bonchev–Trinajstić information content (AvgIpc) is 3.64. The van der Waals surface area contributed by atoms with Crippen molar-refractivity contribution in [1.82, 2.24) is 19.5 Å². The summed E-state index contributed by atoms with van der Waals surface area (Å²) in [5, 5.41) is 5.93. The Labute approximate surface area is 330 Å². The lowest BCUT2D eigenvalue weighted by molar-refractivity contribution is 1.18. The lowest BCUT2D eigenvalue weighted by atomic mass is 9.96. The summed E-state index contributed by atoms with van der Waals surface area (Å²) in [6.45, 7) is 0. The fraction of sp³-hybridized carbons (Fsp3) is 0. The number of aromatic nitrogens is 4. The molecule has 0 fully saturated rings. The minimum Gasteiger partial charge on any atom is -0.309 e. The zero-order valence-corrected chi connectivity index (χ0v) is 30.9. The third-order valence-electron chi connectivity index (χ3n) is 11.0. The van der Waals surface area contributed by atoms with E-state index in [1.54, 1.807) is 0 Å². The lowest BCUT2D eigenvalue weighted by Crippen LogP contribution is -1.96. The largest absolute Gasteiger partial charge is 0.309 e. The SMILES string of the molecule is c1ccc(-c2ccc(-c3cc(-c4ccccc4)nc(-c4ccc(-c5nc6ccccc6c6c5ccc5c6c6ccccc6n5-c5ccccc5)cc4)n3)cc2)cc1. The van der Waals surface area contributed by atoms with Gasteiger partial charge in [0.05, 0.1) is 33.6 Å². The van der Waals surface area contributed by atoms with Crippen LogP contribution in [0.4, 0.5) is 0 Å². The Bertz CT molecular complexity index is 3240. The molecule has 4 heteroatoms. The monoisotopic (exact) mass is 726 g/mol. The molecular weight excluding hydrogens is 693 g/mol. The van der Waals surface area contributed by atoms with Crippen molar-refractivity contribution in [1.29, 1.82) is 0 Å². The molecule has 0 unspecified atom stereocenters. The van der Waals surface area contributed by atoms with E-state index in [4.69, 9.17) is 15.0 Å². The first kappa shape index (κ1) is 32.7. The summed E-state index contributed by atoms with van der Waals surface area (Å²) in [5.41, 5.74) is 13.6. The molecule has 57 heavy (non-hydrogen) atoms. The van der Waals surface area contributed by atoms with E-state index in [1.807, 2.05) is 24.3 Å². The molecule has 0 aliphatic rings. The van der Waals surface area contributed by atoms with Crippen molar-refractivity contribution < 1.29 is 0 Å². The van der Waals surface area contributed by atoms with E-state index in [1.165, 1.54) is 38.3 Å². The first-order valence-electron chi connectivity index (χ1n) is 19.3. The fourth-order valence-corrected chi connectivity index (χ4v) is 8.30. The van der Waals surface area contributed by atoms with Crippen LogP contribution in [-0.2, 0) is 0 Å². The molecule has 11 rings (SSSR count). The van der Waals surface area contributed by atoms with Crippen molar-refractivity contribution in [2.24, 2.45) is 0 Å². The first-order chi connectivity index (χ1) is 28.3. The van der Waals surface area contributed by atoms with Gasteiger partial charge in [0.2, 0.25) is 0 Å². The highest BCUT2D eigenvalue weighted by molar-refractivity contribution is 6.29. The molecule has 0 aliphatic heterocycles. The highest BCUT2D eigenvalue weighted by Crippen LogP contribution is 2.42. The Balaban J connectivity index is 1.06. The van der Waals surface area contributed by atoms with Gasteiger partial charge in [0.1, 0.15) is 0 Å². The predicted octanol–water partition coefficient (Wildman–Crippen LogP) is 13.6. The molecular formula is C53H34N4. The van der Waals surface area contributed by atoms with Crippen molar-refractivity contribution in [3.63, 3.8) is 0 Å². The second kappa shape index (κ2) is 13.6. The van der Waals surface area contributed by atoms with E-state index >= 15 is 0 Å². The van der Waals surface area contributed by atoms with Gasteiger partial charge < -0.3 is 4.57 Å². The van der Waals surface area contributed by atoms with Crippen LogP contribution in [0.5, 0.6) is 0 Å². The number of pyridine rings is 1. The molecule has 0 saturated carbocycles. The predicted molar refractivity (Wildman–Crippen MR) is 236 cm³/mol. The maximum Gasteiger partial charge on any atom is 0.160 e. The van der Waals surface area contributed by atoms with Crippen molar-refractivity contribution in [3.8, 4) is 62.0 Å². The number of hydrogen-bond acceptors (Lipinski definition) is 3. The van der Waals surface area contributed by atoms with Crippen LogP contribution >= 0.6 is 0 Å². The third kappa shape index (κ3) is 5.66. The maximum absolute atomic E-state index is 5.33. The van der Waals surface area contributed by atoms with Gasteiger partial charge in [-0.2, -0.15) is 0 Å². The Morgan fingerprint density at radius 3 is 1.56 bits per heavy atom. The van der Waals surface area contributed by atoms with Crippen LogP contribution in [0, 0.1) is 0 Å². The molecule has 0 spiro atoms. The number of para-hydroxylation sites is 3. The van der Waals surface area contributed by atoms with E-state index in [9.17, 15) is 0 Å². The molecule has 0 bridgehead atoms. The van der Waals surface area contributed by atoms with Crippen LogP contribution in [0.3, 0.4) is 0 Å². The molecule has 0 aliphatic carbocycles.